The molecule has 1 aliphatic rings. The SMILES string of the molecule is CNC(=O)[C@H](Cc1ccccc1)N(Cc1ccc(C)cc1)C(=O)CCCN1C(=O)c2cccc3cccc1c23. The van der Waals surface area contributed by atoms with Crippen LogP contribution in [0.15, 0.2) is 91.0 Å². The first-order valence-electron chi connectivity index (χ1n) is 13.4. The Morgan fingerprint density at radius 3 is 2.31 bits per heavy atom. The van der Waals surface area contributed by atoms with Crippen molar-refractivity contribution in [1.29, 1.82) is 0 Å². The molecule has 0 radical (unpaired) electrons. The summed E-state index contributed by atoms with van der Waals surface area (Å²) < 4.78 is 0. The second-order valence-electron chi connectivity index (χ2n) is 10.1. The van der Waals surface area contributed by atoms with Crippen LogP contribution in [0, 0.1) is 6.92 Å². The molecule has 6 heteroatoms. The van der Waals surface area contributed by atoms with Gasteiger partial charge in [0.15, 0.2) is 0 Å². The van der Waals surface area contributed by atoms with Crippen LogP contribution in [0.2, 0.25) is 0 Å². The lowest BCUT2D eigenvalue weighted by molar-refractivity contribution is -0.141. The van der Waals surface area contributed by atoms with E-state index in [1.807, 2.05) is 97.9 Å². The number of carbonyl (C=O) groups is 3. The lowest BCUT2D eigenvalue weighted by Crippen LogP contribution is -2.49. The second-order valence-corrected chi connectivity index (χ2v) is 10.1. The van der Waals surface area contributed by atoms with Crippen LogP contribution in [0.4, 0.5) is 5.69 Å². The molecule has 0 aromatic heterocycles. The predicted octanol–water partition coefficient (Wildman–Crippen LogP) is 5.27. The number of anilines is 1. The van der Waals surface area contributed by atoms with Gasteiger partial charge in [0.25, 0.3) is 5.91 Å². The number of carbonyl (C=O) groups excluding carboxylic acids is 3. The molecule has 5 rings (SSSR count). The van der Waals surface area contributed by atoms with Gasteiger partial charge >= 0.3 is 0 Å². The van der Waals surface area contributed by atoms with E-state index in [2.05, 4.69) is 5.32 Å². The van der Waals surface area contributed by atoms with Gasteiger partial charge in [0.05, 0.1) is 5.69 Å². The Labute approximate surface area is 229 Å². The molecule has 1 aliphatic heterocycles. The highest BCUT2D eigenvalue weighted by atomic mass is 16.2. The molecule has 0 fully saturated rings. The summed E-state index contributed by atoms with van der Waals surface area (Å²) in [6, 6.07) is 28.8. The van der Waals surface area contributed by atoms with Gasteiger partial charge in [-0.3, -0.25) is 14.4 Å². The first-order valence-corrected chi connectivity index (χ1v) is 13.4. The first kappa shape index (κ1) is 26.2. The molecule has 4 aromatic rings. The first-order chi connectivity index (χ1) is 19.0. The topological polar surface area (TPSA) is 69.7 Å². The molecule has 1 N–H and O–H groups in total. The van der Waals surface area contributed by atoms with E-state index in [9.17, 15) is 14.4 Å². The highest BCUT2D eigenvalue weighted by Gasteiger charge is 2.31. The van der Waals surface area contributed by atoms with Gasteiger partial charge in [-0.2, -0.15) is 0 Å². The summed E-state index contributed by atoms with van der Waals surface area (Å²) in [6.07, 6.45) is 1.13. The van der Waals surface area contributed by atoms with Gasteiger partial charge in [0.1, 0.15) is 6.04 Å². The van der Waals surface area contributed by atoms with Crippen molar-refractivity contribution >= 4 is 34.2 Å². The van der Waals surface area contributed by atoms with Crippen LogP contribution in [-0.2, 0) is 22.6 Å². The van der Waals surface area contributed by atoms with Gasteiger partial charge in [-0.05, 0) is 42.0 Å². The highest BCUT2D eigenvalue weighted by molar-refractivity contribution is 6.25. The third kappa shape index (κ3) is 5.55. The van der Waals surface area contributed by atoms with Crippen LogP contribution >= 0.6 is 0 Å². The number of hydrogen-bond acceptors (Lipinski definition) is 3. The molecule has 4 aromatic carbocycles. The molecular formula is C33H33N3O3. The maximum Gasteiger partial charge on any atom is 0.258 e. The van der Waals surface area contributed by atoms with Gasteiger partial charge in [-0.25, -0.2) is 0 Å². The Morgan fingerprint density at radius 1 is 0.872 bits per heavy atom. The Kier molecular flexibility index (Phi) is 7.73. The van der Waals surface area contributed by atoms with Crippen LogP contribution < -0.4 is 10.2 Å². The third-order valence-electron chi connectivity index (χ3n) is 7.41. The number of aryl methyl sites for hydroxylation is 1. The fourth-order valence-electron chi connectivity index (χ4n) is 5.34. The van der Waals surface area contributed by atoms with Crippen molar-refractivity contribution < 1.29 is 14.4 Å². The van der Waals surface area contributed by atoms with Crippen LogP contribution in [0.3, 0.4) is 0 Å². The molecule has 0 unspecified atom stereocenters. The zero-order valence-electron chi connectivity index (χ0n) is 22.4. The van der Waals surface area contributed by atoms with E-state index in [1.165, 1.54) is 0 Å². The lowest BCUT2D eigenvalue weighted by atomic mass is 10.0. The monoisotopic (exact) mass is 519 g/mol. The van der Waals surface area contributed by atoms with Crippen molar-refractivity contribution in [2.75, 3.05) is 18.5 Å². The van der Waals surface area contributed by atoms with Crippen molar-refractivity contribution in [3.05, 3.63) is 113 Å². The van der Waals surface area contributed by atoms with Gasteiger partial charge in [0, 0.05) is 43.9 Å². The number of hydrogen-bond donors (Lipinski definition) is 1. The number of likely N-dealkylation sites (N-methyl/N-ethyl adjacent to an activating group) is 1. The summed E-state index contributed by atoms with van der Waals surface area (Å²) in [5, 5.41) is 4.77. The van der Waals surface area contributed by atoms with E-state index in [0.29, 0.717) is 31.5 Å². The van der Waals surface area contributed by atoms with Crippen LogP contribution in [0.1, 0.15) is 39.9 Å². The molecule has 3 amide bonds. The summed E-state index contributed by atoms with van der Waals surface area (Å²) in [5.74, 6) is -0.336. The predicted molar refractivity (Wildman–Crippen MR) is 155 cm³/mol. The molecule has 0 bridgehead atoms. The van der Waals surface area contributed by atoms with Gasteiger partial charge in [-0.15, -0.1) is 0 Å². The van der Waals surface area contributed by atoms with E-state index < -0.39 is 6.04 Å². The standard InChI is InChI=1S/C33H33N3O3/c1-23-16-18-25(19-17-23)22-36(29(32(38)34-2)21-24-9-4-3-5-10-24)30(37)15-8-20-35-28-14-7-12-26-11-6-13-27(31(26)28)33(35)39/h3-7,9-14,16-19,29H,8,15,20-22H2,1-2H3,(H,34,38)/t29-/m0/s1. The summed E-state index contributed by atoms with van der Waals surface area (Å²) in [7, 11) is 1.60. The molecular weight excluding hydrogens is 486 g/mol. The average Bonchev–Trinajstić information content (AvgIpc) is 3.24. The molecule has 39 heavy (non-hydrogen) atoms. The summed E-state index contributed by atoms with van der Waals surface area (Å²) in [4.78, 5) is 43.5. The summed E-state index contributed by atoms with van der Waals surface area (Å²) >= 11 is 0. The minimum atomic E-state index is -0.655. The fraction of sp³-hybridized carbons (Fsp3) is 0.242. The van der Waals surface area contributed by atoms with E-state index in [-0.39, 0.29) is 24.1 Å². The Bertz CT molecular complexity index is 1490. The summed E-state index contributed by atoms with van der Waals surface area (Å²) in [5.41, 5.74) is 4.69. The van der Waals surface area contributed by atoms with Crippen molar-refractivity contribution in [2.24, 2.45) is 0 Å². The van der Waals surface area contributed by atoms with E-state index in [4.69, 9.17) is 0 Å². The second kappa shape index (κ2) is 11.5. The number of rotatable bonds is 10. The highest BCUT2D eigenvalue weighted by Crippen LogP contribution is 2.37. The maximum atomic E-state index is 13.8. The minimum Gasteiger partial charge on any atom is -0.357 e. The number of amides is 3. The molecule has 0 saturated heterocycles. The van der Waals surface area contributed by atoms with E-state index in [0.717, 1.165) is 33.2 Å². The van der Waals surface area contributed by atoms with E-state index >= 15 is 0 Å². The van der Waals surface area contributed by atoms with E-state index in [1.54, 1.807) is 16.8 Å². The van der Waals surface area contributed by atoms with Crippen LogP contribution in [0.25, 0.3) is 10.8 Å². The quantitative estimate of drug-likeness (QED) is 0.310. The third-order valence-corrected chi connectivity index (χ3v) is 7.41. The number of nitrogens with zero attached hydrogens (tertiary/aromatic N) is 2. The molecule has 0 aliphatic carbocycles. The Balaban J connectivity index is 1.35. The number of benzene rings is 4. The van der Waals surface area contributed by atoms with Gasteiger partial charge in [-0.1, -0.05) is 84.4 Å². The fourth-order valence-corrected chi connectivity index (χ4v) is 5.34. The zero-order chi connectivity index (χ0) is 27.4. The molecule has 1 atom stereocenters. The van der Waals surface area contributed by atoms with Crippen molar-refractivity contribution in [3.63, 3.8) is 0 Å². The summed E-state index contributed by atoms with van der Waals surface area (Å²) in [6.45, 7) is 2.78. The van der Waals surface area contributed by atoms with Crippen LogP contribution in [-0.4, -0.2) is 42.3 Å². The van der Waals surface area contributed by atoms with Crippen LogP contribution in [0.5, 0.6) is 0 Å². The minimum absolute atomic E-state index is 0.0296. The average molecular weight is 520 g/mol. The van der Waals surface area contributed by atoms with Crippen molar-refractivity contribution in [2.45, 2.75) is 38.8 Å². The largest absolute Gasteiger partial charge is 0.357 e. The normalized spacial score (nSPS) is 13.0. The lowest BCUT2D eigenvalue weighted by Gasteiger charge is -2.31. The van der Waals surface area contributed by atoms with Gasteiger partial charge in [0.2, 0.25) is 11.8 Å². The molecule has 1 heterocycles. The Hall–Kier alpha value is -4.45. The maximum absolute atomic E-state index is 13.8. The molecule has 0 saturated carbocycles. The smallest absolute Gasteiger partial charge is 0.258 e. The molecule has 0 spiro atoms. The van der Waals surface area contributed by atoms with Gasteiger partial charge < -0.3 is 15.1 Å². The Morgan fingerprint density at radius 2 is 1.59 bits per heavy atom. The van der Waals surface area contributed by atoms with Crippen molar-refractivity contribution in [1.82, 2.24) is 10.2 Å². The van der Waals surface area contributed by atoms with Crippen molar-refractivity contribution in [3.8, 4) is 0 Å². The zero-order valence-corrected chi connectivity index (χ0v) is 22.4. The molecule has 198 valence electrons. The molecule has 6 nitrogen and oxygen atoms in total. The number of nitrogens with one attached hydrogen (secondary N) is 1.